The molecule has 0 saturated heterocycles. The van der Waals surface area contributed by atoms with Crippen molar-refractivity contribution < 1.29 is 22.7 Å². The van der Waals surface area contributed by atoms with Crippen molar-refractivity contribution in [3.8, 4) is 5.75 Å². The Kier molecular flexibility index (Phi) is 4.83. The predicted molar refractivity (Wildman–Crippen MR) is 91.0 cm³/mol. The van der Waals surface area contributed by atoms with Crippen LogP contribution in [0.2, 0.25) is 0 Å². The van der Waals surface area contributed by atoms with Gasteiger partial charge in [0.25, 0.3) is 0 Å². The van der Waals surface area contributed by atoms with Gasteiger partial charge in [-0.05, 0) is 23.8 Å². The third-order valence-electron chi connectivity index (χ3n) is 3.76. The number of carbonyl (C=O) groups is 1. The monoisotopic (exact) mass is 363 g/mol. The third kappa shape index (κ3) is 4.14. The van der Waals surface area contributed by atoms with Crippen LogP contribution in [-0.4, -0.2) is 22.5 Å². The van der Waals surface area contributed by atoms with Gasteiger partial charge >= 0.3 is 6.18 Å². The first kappa shape index (κ1) is 17.8. The second kappa shape index (κ2) is 7.07. The number of hydrogen-bond donors (Lipinski definition) is 2. The summed E-state index contributed by atoms with van der Waals surface area (Å²) in [6.45, 7) is 1.70. The van der Waals surface area contributed by atoms with E-state index in [9.17, 15) is 18.0 Å². The number of benzene rings is 1. The largest absolute Gasteiger partial charge is 0.492 e. The number of anilines is 1. The van der Waals surface area contributed by atoms with Gasteiger partial charge in [-0.3, -0.25) is 4.79 Å². The Hall–Kier alpha value is -3.03. The number of H-pyrrole nitrogens is 1. The molecule has 3 rings (SSSR count). The lowest BCUT2D eigenvalue weighted by atomic mass is 10.1. The number of alkyl halides is 3. The Morgan fingerprint density at radius 2 is 2.00 bits per heavy atom. The maximum atomic E-state index is 12.5. The summed E-state index contributed by atoms with van der Waals surface area (Å²) in [5, 5.41) is 3.41. The van der Waals surface area contributed by atoms with E-state index in [0.29, 0.717) is 35.5 Å². The van der Waals surface area contributed by atoms with Crippen LogP contribution >= 0.6 is 0 Å². The molecular formula is C18H16F3N3O2. The molecule has 26 heavy (non-hydrogen) atoms. The zero-order valence-electron chi connectivity index (χ0n) is 13.9. The van der Waals surface area contributed by atoms with Gasteiger partial charge in [-0.25, -0.2) is 4.98 Å². The molecule has 0 bridgehead atoms. The van der Waals surface area contributed by atoms with Gasteiger partial charge in [-0.15, -0.1) is 0 Å². The average Bonchev–Trinajstić information content (AvgIpc) is 2.96. The zero-order chi connectivity index (χ0) is 18.7. The number of amides is 1. The summed E-state index contributed by atoms with van der Waals surface area (Å²) < 4.78 is 43.3. The highest BCUT2D eigenvalue weighted by Gasteiger charge is 2.29. The molecule has 0 spiro atoms. The lowest BCUT2D eigenvalue weighted by Crippen LogP contribution is -2.06. The molecule has 1 aromatic carbocycles. The zero-order valence-corrected chi connectivity index (χ0v) is 13.9. The Morgan fingerprint density at radius 1 is 1.27 bits per heavy atom. The normalized spacial score (nSPS) is 11.5. The second-order valence-corrected chi connectivity index (χ2v) is 5.74. The molecule has 0 radical (unpaired) electrons. The van der Waals surface area contributed by atoms with E-state index < -0.39 is 11.7 Å². The van der Waals surface area contributed by atoms with Crippen molar-refractivity contribution in [1.29, 1.82) is 0 Å². The van der Waals surface area contributed by atoms with Crippen molar-refractivity contribution in [2.75, 3.05) is 11.9 Å². The van der Waals surface area contributed by atoms with E-state index in [-0.39, 0.29) is 5.91 Å². The highest BCUT2D eigenvalue weighted by atomic mass is 19.4. The van der Waals surface area contributed by atoms with Crippen molar-refractivity contribution in [1.82, 2.24) is 9.97 Å². The van der Waals surface area contributed by atoms with Crippen LogP contribution in [0.1, 0.15) is 18.1 Å². The van der Waals surface area contributed by atoms with Crippen molar-refractivity contribution in [3.63, 3.8) is 0 Å². The molecule has 0 aliphatic heterocycles. The number of aromatic amines is 1. The van der Waals surface area contributed by atoms with E-state index in [2.05, 4.69) is 15.3 Å². The van der Waals surface area contributed by atoms with Crippen LogP contribution in [0.15, 0.2) is 42.7 Å². The molecule has 0 unspecified atom stereocenters. The minimum absolute atomic E-state index is 0.195. The SMILES string of the molecule is CC(=O)Nc1c[nH]c2ncc(OCCc3ccc(C(F)(F)F)cc3)cc12. The summed E-state index contributed by atoms with van der Waals surface area (Å²) >= 11 is 0. The molecule has 0 aliphatic rings. The van der Waals surface area contributed by atoms with Crippen molar-refractivity contribution in [3.05, 3.63) is 53.9 Å². The highest BCUT2D eigenvalue weighted by Crippen LogP contribution is 2.29. The molecule has 1 amide bonds. The fourth-order valence-corrected chi connectivity index (χ4v) is 2.50. The number of carbonyl (C=O) groups excluding carboxylic acids is 1. The molecule has 0 saturated carbocycles. The van der Waals surface area contributed by atoms with Gasteiger partial charge in [0, 0.05) is 24.9 Å². The fraction of sp³-hybridized carbons (Fsp3) is 0.222. The number of rotatable bonds is 5. The molecular weight excluding hydrogens is 347 g/mol. The summed E-state index contributed by atoms with van der Waals surface area (Å²) in [6.07, 6.45) is -0.686. The molecule has 2 N–H and O–H groups in total. The number of ether oxygens (including phenoxy) is 1. The number of nitrogens with one attached hydrogen (secondary N) is 2. The molecule has 0 atom stereocenters. The molecule has 136 valence electrons. The van der Waals surface area contributed by atoms with Gasteiger partial charge in [0.1, 0.15) is 11.4 Å². The first-order valence-electron chi connectivity index (χ1n) is 7.86. The summed E-state index contributed by atoms with van der Waals surface area (Å²) in [5.74, 6) is 0.315. The Balaban J connectivity index is 1.63. The van der Waals surface area contributed by atoms with E-state index in [0.717, 1.165) is 17.7 Å². The maximum Gasteiger partial charge on any atom is 0.416 e. The van der Waals surface area contributed by atoms with Crippen LogP contribution in [-0.2, 0) is 17.4 Å². The standard InChI is InChI=1S/C18H16F3N3O2/c1-11(25)24-16-10-23-17-15(16)8-14(9-22-17)26-7-6-12-2-4-13(5-3-12)18(19,20)21/h2-5,8-10H,6-7H2,1H3,(H,22,23)(H,24,25). The van der Waals surface area contributed by atoms with E-state index in [1.165, 1.54) is 19.1 Å². The molecule has 0 aliphatic carbocycles. The first-order valence-corrected chi connectivity index (χ1v) is 7.86. The Bertz CT molecular complexity index is 918. The van der Waals surface area contributed by atoms with Gasteiger partial charge in [0.2, 0.25) is 5.91 Å². The Morgan fingerprint density at radius 3 is 2.65 bits per heavy atom. The van der Waals surface area contributed by atoms with Gasteiger partial charge in [0.15, 0.2) is 0 Å². The second-order valence-electron chi connectivity index (χ2n) is 5.74. The van der Waals surface area contributed by atoms with Crippen LogP contribution in [0.25, 0.3) is 11.0 Å². The molecule has 2 heterocycles. The lowest BCUT2D eigenvalue weighted by Gasteiger charge is -2.09. The Labute approximate surface area is 147 Å². The number of pyridine rings is 1. The van der Waals surface area contributed by atoms with Crippen molar-refractivity contribution >= 4 is 22.6 Å². The van der Waals surface area contributed by atoms with Gasteiger partial charge in [-0.1, -0.05) is 12.1 Å². The van der Waals surface area contributed by atoms with Gasteiger partial charge < -0.3 is 15.0 Å². The van der Waals surface area contributed by atoms with Crippen molar-refractivity contribution in [2.45, 2.75) is 19.5 Å². The summed E-state index contributed by atoms with van der Waals surface area (Å²) in [5.41, 5.74) is 1.29. The lowest BCUT2D eigenvalue weighted by molar-refractivity contribution is -0.137. The summed E-state index contributed by atoms with van der Waals surface area (Å²) in [7, 11) is 0. The molecule has 3 aromatic rings. The number of aromatic nitrogens is 2. The van der Waals surface area contributed by atoms with Crippen LogP contribution in [0, 0.1) is 0 Å². The molecule has 5 nitrogen and oxygen atoms in total. The number of halogens is 3. The van der Waals surface area contributed by atoms with Crippen molar-refractivity contribution in [2.24, 2.45) is 0 Å². The number of fused-ring (bicyclic) bond motifs is 1. The van der Waals surface area contributed by atoms with Crippen LogP contribution in [0.4, 0.5) is 18.9 Å². The quantitative estimate of drug-likeness (QED) is 0.715. The van der Waals surface area contributed by atoms with E-state index in [4.69, 9.17) is 4.74 Å². The fourth-order valence-electron chi connectivity index (χ4n) is 2.50. The van der Waals surface area contributed by atoms with E-state index in [1.54, 1.807) is 18.5 Å². The van der Waals surface area contributed by atoms with Crippen LogP contribution in [0.3, 0.4) is 0 Å². The van der Waals surface area contributed by atoms with Crippen LogP contribution < -0.4 is 10.1 Å². The minimum atomic E-state index is -4.34. The third-order valence-corrected chi connectivity index (χ3v) is 3.76. The average molecular weight is 363 g/mol. The molecule has 0 fully saturated rings. The first-order chi connectivity index (χ1) is 12.3. The van der Waals surface area contributed by atoms with E-state index >= 15 is 0 Å². The van der Waals surface area contributed by atoms with E-state index in [1.807, 2.05) is 0 Å². The van der Waals surface area contributed by atoms with Gasteiger partial charge in [-0.2, -0.15) is 13.2 Å². The number of hydrogen-bond acceptors (Lipinski definition) is 3. The predicted octanol–water partition coefficient (Wildman–Crippen LogP) is 4.16. The van der Waals surface area contributed by atoms with Crippen LogP contribution in [0.5, 0.6) is 5.75 Å². The number of nitrogens with zero attached hydrogens (tertiary/aromatic N) is 1. The minimum Gasteiger partial charge on any atom is -0.492 e. The van der Waals surface area contributed by atoms with Gasteiger partial charge in [0.05, 0.1) is 24.1 Å². The molecule has 2 aromatic heterocycles. The molecule has 8 heteroatoms. The smallest absolute Gasteiger partial charge is 0.416 e. The maximum absolute atomic E-state index is 12.5. The highest BCUT2D eigenvalue weighted by molar-refractivity contribution is 5.99. The topological polar surface area (TPSA) is 67.0 Å². The summed E-state index contributed by atoms with van der Waals surface area (Å²) in [6, 6.07) is 6.74. The summed E-state index contributed by atoms with van der Waals surface area (Å²) in [4.78, 5) is 18.4.